The summed E-state index contributed by atoms with van der Waals surface area (Å²) in [4.78, 5) is 12.5. The molecule has 5 heteroatoms. The zero-order chi connectivity index (χ0) is 17.8. The lowest BCUT2D eigenvalue weighted by Crippen LogP contribution is -2.34. The van der Waals surface area contributed by atoms with E-state index >= 15 is 0 Å². The smallest absolute Gasteiger partial charge is 0.221 e. The molecular formula is C20H22F2N2O. The molecule has 0 spiro atoms. The quantitative estimate of drug-likeness (QED) is 0.869. The Morgan fingerprint density at radius 2 is 1.52 bits per heavy atom. The third-order valence-corrected chi connectivity index (χ3v) is 4.88. The highest BCUT2D eigenvalue weighted by atomic mass is 19.1. The summed E-state index contributed by atoms with van der Waals surface area (Å²) < 4.78 is 26.5. The molecule has 132 valence electrons. The first kappa shape index (κ1) is 17.5. The first-order valence-corrected chi connectivity index (χ1v) is 8.59. The molecule has 2 aromatic rings. The minimum atomic E-state index is -0.452. The summed E-state index contributed by atoms with van der Waals surface area (Å²) >= 11 is 0. The second-order valence-corrected chi connectivity index (χ2v) is 6.66. The lowest BCUT2D eigenvalue weighted by Gasteiger charge is -2.22. The summed E-state index contributed by atoms with van der Waals surface area (Å²) in [6, 6.07) is 11.5. The van der Waals surface area contributed by atoms with E-state index in [-0.39, 0.29) is 29.5 Å². The van der Waals surface area contributed by atoms with Crippen LogP contribution in [0.25, 0.3) is 0 Å². The van der Waals surface area contributed by atoms with Gasteiger partial charge in [-0.2, -0.15) is 0 Å². The predicted octanol–water partition coefficient (Wildman–Crippen LogP) is 3.69. The van der Waals surface area contributed by atoms with Crippen molar-refractivity contribution in [2.75, 3.05) is 0 Å². The molecule has 1 fully saturated rings. The number of carbonyl (C=O) groups is 1. The van der Waals surface area contributed by atoms with Crippen LogP contribution in [0, 0.1) is 17.6 Å². The van der Waals surface area contributed by atoms with Crippen LogP contribution in [0.4, 0.5) is 8.78 Å². The third-order valence-electron chi connectivity index (χ3n) is 4.88. The van der Waals surface area contributed by atoms with Gasteiger partial charge in [-0.15, -0.1) is 0 Å². The van der Waals surface area contributed by atoms with Crippen molar-refractivity contribution in [2.45, 2.75) is 37.8 Å². The molecule has 1 aliphatic carbocycles. The van der Waals surface area contributed by atoms with Crippen LogP contribution in [-0.4, -0.2) is 11.9 Å². The molecule has 0 heterocycles. The van der Waals surface area contributed by atoms with E-state index in [9.17, 15) is 13.6 Å². The Hall–Kier alpha value is -2.27. The average molecular weight is 344 g/mol. The van der Waals surface area contributed by atoms with Crippen LogP contribution in [0.3, 0.4) is 0 Å². The Labute approximate surface area is 146 Å². The summed E-state index contributed by atoms with van der Waals surface area (Å²) in [6.07, 6.45) is 3.35. The Balaban J connectivity index is 1.79. The van der Waals surface area contributed by atoms with Crippen LogP contribution in [0.5, 0.6) is 0 Å². The standard InChI is InChI=1S/C20H22F2N2O/c21-16-8-4-13(5-9-16)20(14-6-10-17(22)11-7-14)24-19(25)12-15-2-1-3-18(15)23/h4-11,15,18,20H,1-3,12,23H2,(H,24,25)/t15-,18+/m0/s1. The van der Waals surface area contributed by atoms with Gasteiger partial charge in [-0.25, -0.2) is 8.78 Å². The molecule has 2 aromatic carbocycles. The molecule has 3 nitrogen and oxygen atoms in total. The first-order chi connectivity index (χ1) is 12.0. The molecule has 1 saturated carbocycles. The van der Waals surface area contributed by atoms with E-state index in [0.717, 1.165) is 30.4 Å². The molecular weight excluding hydrogens is 322 g/mol. The fourth-order valence-electron chi connectivity index (χ4n) is 3.45. The van der Waals surface area contributed by atoms with Gasteiger partial charge in [0.25, 0.3) is 0 Å². The van der Waals surface area contributed by atoms with Crippen LogP contribution in [-0.2, 0) is 4.79 Å². The molecule has 0 saturated heterocycles. The Kier molecular flexibility index (Phi) is 5.43. The van der Waals surface area contributed by atoms with Crippen molar-refractivity contribution in [3.05, 3.63) is 71.3 Å². The monoisotopic (exact) mass is 344 g/mol. The second-order valence-electron chi connectivity index (χ2n) is 6.66. The lowest BCUT2D eigenvalue weighted by molar-refractivity contribution is -0.122. The second kappa shape index (κ2) is 7.74. The van der Waals surface area contributed by atoms with E-state index in [4.69, 9.17) is 5.73 Å². The van der Waals surface area contributed by atoms with E-state index in [1.54, 1.807) is 24.3 Å². The normalized spacial score (nSPS) is 20.0. The largest absolute Gasteiger partial charge is 0.345 e. The first-order valence-electron chi connectivity index (χ1n) is 8.59. The highest BCUT2D eigenvalue weighted by molar-refractivity contribution is 5.77. The number of nitrogens with two attached hydrogens (primary N) is 1. The maximum absolute atomic E-state index is 13.2. The highest BCUT2D eigenvalue weighted by Gasteiger charge is 2.27. The van der Waals surface area contributed by atoms with E-state index in [1.807, 2.05) is 0 Å². The van der Waals surface area contributed by atoms with E-state index < -0.39 is 6.04 Å². The maximum atomic E-state index is 13.2. The van der Waals surface area contributed by atoms with Crippen molar-refractivity contribution in [3.63, 3.8) is 0 Å². The number of benzene rings is 2. The number of carbonyl (C=O) groups excluding carboxylic acids is 1. The van der Waals surface area contributed by atoms with Crippen molar-refractivity contribution >= 4 is 5.91 Å². The van der Waals surface area contributed by atoms with Gasteiger partial charge in [0.2, 0.25) is 5.91 Å². The molecule has 0 aromatic heterocycles. The molecule has 1 aliphatic rings. The number of rotatable bonds is 5. The molecule has 25 heavy (non-hydrogen) atoms. The summed E-state index contributed by atoms with van der Waals surface area (Å²) in [7, 11) is 0. The number of nitrogens with one attached hydrogen (secondary N) is 1. The fourth-order valence-corrected chi connectivity index (χ4v) is 3.45. The Morgan fingerprint density at radius 3 is 1.96 bits per heavy atom. The van der Waals surface area contributed by atoms with Crippen LogP contribution in [0.2, 0.25) is 0 Å². The van der Waals surface area contributed by atoms with Crippen LogP contribution < -0.4 is 11.1 Å². The van der Waals surface area contributed by atoms with Crippen LogP contribution in [0.15, 0.2) is 48.5 Å². The van der Waals surface area contributed by atoms with E-state index in [2.05, 4.69) is 5.32 Å². The average Bonchev–Trinajstić information content (AvgIpc) is 2.99. The third kappa shape index (κ3) is 4.42. The van der Waals surface area contributed by atoms with E-state index in [1.165, 1.54) is 24.3 Å². The van der Waals surface area contributed by atoms with Crippen LogP contribution in [0.1, 0.15) is 42.9 Å². The van der Waals surface area contributed by atoms with E-state index in [0.29, 0.717) is 6.42 Å². The minimum Gasteiger partial charge on any atom is -0.345 e. The van der Waals surface area contributed by atoms with Gasteiger partial charge in [-0.1, -0.05) is 30.7 Å². The number of hydrogen-bond donors (Lipinski definition) is 2. The number of hydrogen-bond acceptors (Lipinski definition) is 2. The van der Waals surface area contributed by atoms with Crippen molar-refractivity contribution in [3.8, 4) is 0 Å². The zero-order valence-corrected chi connectivity index (χ0v) is 13.9. The SMILES string of the molecule is N[C@@H]1CCC[C@H]1CC(=O)NC(c1ccc(F)cc1)c1ccc(F)cc1. The van der Waals surface area contributed by atoms with Crippen molar-refractivity contribution in [1.82, 2.24) is 5.32 Å². The molecule has 0 unspecified atom stereocenters. The van der Waals surface area contributed by atoms with Gasteiger partial charge in [0.1, 0.15) is 11.6 Å². The minimum absolute atomic E-state index is 0.0702. The molecule has 3 N–H and O–H groups in total. The van der Waals surface area contributed by atoms with Crippen molar-refractivity contribution in [1.29, 1.82) is 0 Å². The van der Waals surface area contributed by atoms with Crippen molar-refractivity contribution in [2.24, 2.45) is 11.7 Å². The van der Waals surface area contributed by atoms with Crippen molar-refractivity contribution < 1.29 is 13.6 Å². The molecule has 0 bridgehead atoms. The molecule has 3 rings (SSSR count). The molecule has 2 atom stereocenters. The summed E-state index contributed by atoms with van der Waals surface area (Å²) in [5, 5.41) is 3.00. The predicted molar refractivity (Wildman–Crippen MR) is 92.7 cm³/mol. The van der Waals surface area contributed by atoms with Gasteiger partial charge in [-0.3, -0.25) is 4.79 Å². The van der Waals surface area contributed by atoms with Gasteiger partial charge in [0, 0.05) is 12.5 Å². The summed E-state index contributed by atoms with van der Waals surface area (Å²) in [5.41, 5.74) is 7.54. The topological polar surface area (TPSA) is 55.1 Å². The number of amides is 1. The zero-order valence-electron chi connectivity index (χ0n) is 13.9. The summed E-state index contributed by atoms with van der Waals surface area (Å²) in [6.45, 7) is 0. The van der Waals surface area contributed by atoms with Gasteiger partial charge >= 0.3 is 0 Å². The molecule has 0 aliphatic heterocycles. The Morgan fingerprint density at radius 1 is 1.00 bits per heavy atom. The van der Waals surface area contributed by atoms with Gasteiger partial charge in [-0.05, 0) is 54.2 Å². The van der Waals surface area contributed by atoms with Gasteiger partial charge < -0.3 is 11.1 Å². The van der Waals surface area contributed by atoms with Gasteiger partial charge in [0.05, 0.1) is 6.04 Å². The summed E-state index contributed by atoms with van der Waals surface area (Å²) in [5.74, 6) is -0.585. The molecule has 1 amide bonds. The fraction of sp³-hybridized carbons (Fsp3) is 0.350. The lowest BCUT2D eigenvalue weighted by atomic mass is 9.96. The number of halogens is 2. The molecule has 0 radical (unpaired) electrons. The Bertz CT molecular complexity index is 670. The highest BCUT2D eigenvalue weighted by Crippen LogP contribution is 2.28. The van der Waals surface area contributed by atoms with Gasteiger partial charge in [0.15, 0.2) is 0 Å². The maximum Gasteiger partial charge on any atom is 0.221 e. The van der Waals surface area contributed by atoms with Crippen LogP contribution >= 0.6 is 0 Å².